The fourth-order valence-electron chi connectivity index (χ4n) is 3.96. The summed E-state index contributed by atoms with van der Waals surface area (Å²) >= 11 is 0. The van der Waals surface area contributed by atoms with Crippen LogP contribution in [0.25, 0.3) is 0 Å². The largest absolute Gasteiger partial charge is 0.508 e. The van der Waals surface area contributed by atoms with Crippen molar-refractivity contribution in [1.82, 2.24) is 10.2 Å². The maximum absolute atomic E-state index is 13.7. The number of nitrogens with zero attached hydrogens (tertiary/aromatic N) is 1. The van der Waals surface area contributed by atoms with Gasteiger partial charge < -0.3 is 25.4 Å². The third-order valence-corrected chi connectivity index (χ3v) is 5.59. The number of alkyl carbamates (subject to hydrolysis) is 1. The van der Waals surface area contributed by atoms with Crippen LogP contribution in [0.15, 0.2) is 42.5 Å². The molecule has 0 heterocycles. The lowest BCUT2D eigenvalue weighted by Crippen LogP contribution is -2.51. The first-order valence-corrected chi connectivity index (χ1v) is 12.1. The molecule has 36 heavy (non-hydrogen) atoms. The molecule has 0 aliphatic heterocycles. The van der Waals surface area contributed by atoms with Crippen LogP contribution in [-0.4, -0.2) is 46.6 Å². The molecule has 0 radical (unpaired) electrons. The number of ether oxygens (including phenoxy) is 1. The van der Waals surface area contributed by atoms with E-state index in [9.17, 15) is 19.5 Å². The normalized spacial score (nSPS) is 13.0. The number of aromatic hydroxyl groups is 1. The van der Waals surface area contributed by atoms with Crippen LogP contribution in [0.3, 0.4) is 0 Å². The van der Waals surface area contributed by atoms with E-state index in [4.69, 9.17) is 4.74 Å². The molecule has 0 aromatic heterocycles. The smallest absolute Gasteiger partial charge is 0.408 e. The number of rotatable bonds is 8. The zero-order chi connectivity index (χ0) is 27.2. The van der Waals surface area contributed by atoms with Gasteiger partial charge in [-0.15, -0.1) is 0 Å². The molecule has 2 atom stereocenters. The molecule has 2 rings (SSSR count). The number of amides is 3. The molecule has 0 bridgehead atoms. The second-order valence-corrected chi connectivity index (χ2v) is 10.5. The van der Waals surface area contributed by atoms with Crippen LogP contribution in [0.2, 0.25) is 0 Å². The summed E-state index contributed by atoms with van der Waals surface area (Å²) in [5.74, 6) is -0.817. The number of phenolic OH excluding ortho intramolecular Hbond substituents is 1. The topological polar surface area (TPSA) is 108 Å². The molecule has 0 aliphatic rings. The van der Waals surface area contributed by atoms with Crippen LogP contribution in [-0.2, 0) is 14.3 Å². The maximum Gasteiger partial charge on any atom is 0.408 e. The lowest BCUT2D eigenvalue weighted by Gasteiger charge is -2.32. The lowest BCUT2D eigenvalue weighted by molar-refractivity contribution is -0.139. The van der Waals surface area contributed by atoms with Crippen molar-refractivity contribution < 1.29 is 24.2 Å². The lowest BCUT2D eigenvalue weighted by atomic mass is 9.99. The van der Waals surface area contributed by atoms with Gasteiger partial charge in [-0.25, -0.2) is 4.79 Å². The number of carbonyl (C=O) groups is 3. The molecule has 3 amide bonds. The Bertz CT molecular complexity index is 1070. The van der Waals surface area contributed by atoms with Gasteiger partial charge >= 0.3 is 6.09 Å². The van der Waals surface area contributed by atoms with Crippen LogP contribution in [0, 0.1) is 19.8 Å². The Balaban J connectivity index is 2.42. The minimum atomic E-state index is -1.06. The van der Waals surface area contributed by atoms with Crippen molar-refractivity contribution in [2.24, 2.45) is 5.92 Å². The van der Waals surface area contributed by atoms with Gasteiger partial charge in [-0.05, 0) is 75.8 Å². The highest BCUT2D eigenvalue weighted by molar-refractivity contribution is 5.99. The van der Waals surface area contributed by atoms with E-state index in [2.05, 4.69) is 10.6 Å². The molecule has 2 aromatic rings. The predicted molar refractivity (Wildman–Crippen MR) is 141 cm³/mol. The monoisotopic (exact) mass is 497 g/mol. The van der Waals surface area contributed by atoms with Crippen LogP contribution < -0.4 is 10.6 Å². The highest BCUT2D eigenvalue weighted by Crippen LogP contribution is 2.28. The maximum atomic E-state index is 13.7. The van der Waals surface area contributed by atoms with Crippen LogP contribution in [0.5, 0.6) is 5.75 Å². The number of hydrogen-bond acceptors (Lipinski definition) is 5. The van der Waals surface area contributed by atoms with E-state index in [1.54, 1.807) is 32.9 Å². The quantitative estimate of drug-likeness (QED) is 0.471. The Hall–Kier alpha value is -3.55. The molecular weight excluding hydrogens is 458 g/mol. The molecule has 3 N–H and O–H groups in total. The van der Waals surface area contributed by atoms with Gasteiger partial charge in [0, 0.05) is 12.7 Å². The van der Waals surface area contributed by atoms with Crippen molar-refractivity contribution in [3.63, 3.8) is 0 Å². The minimum Gasteiger partial charge on any atom is -0.508 e. The minimum absolute atomic E-state index is 0.0242. The van der Waals surface area contributed by atoms with E-state index < -0.39 is 35.6 Å². The van der Waals surface area contributed by atoms with Crippen molar-refractivity contribution in [3.8, 4) is 5.75 Å². The molecule has 0 aliphatic carbocycles. The Morgan fingerprint density at radius 2 is 1.61 bits per heavy atom. The highest BCUT2D eigenvalue weighted by atomic mass is 16.6. The van der Waals surface area contributed by atoms with E-state index in [0.29, 0.717) is 17.7 Å². The number of benzene rings is 2. The first-order chi connectivity index (χ1) is 16.7. The summed E-state index contributed by atoms with van der Waals surface area (Å²) < 4.78 is 5.36. The van der Waals surface area contributed by atoms with E-state index >= 15 is 0 Å². The van der Waals surface area contributed by atoms with E-state index in [1.807, 2.05) is 45.9 Å². The van der Waals surface area contributed by atoms with Gasteiger partial charge in [0.25, 0.3) is 5.91 Å². The number of aryl methyl sites for hydroxylation is 2. The zero-order valence-corrected chi connectivity index (χ0v) is 22.5. The molecular formula is C28H39N3O5. The fourth-order valence-corrected chi connectivity index (χ4v) is 3.96. The van der Waals surface area contributed by atoms with Crippen molar-refractivity contribution in [3.05, 3.63) is 59.2 Å². The van der Waals surface area contributed by atoms with Crippen molar-refractivity contribution in [2.45, 2.75) is 72.6 Å². The van der Waals surface area contributed by atoms with E-state index in [-0.39, 0.29) is 11.7 Å². The molecule has 2 aromatic carbocycles. The summed E-state index contributed by atoms with van der Waals surface area (Å²) in [7, 11) is 1.52. The second kappa shape index (κ2) is 11.9. The van der Waals surface area contributed by atoms with Gasteiger partial charge in [0.1, 0.15) is 23.4 Å². The van der Waals surface area contributed by atoms with Crippen LogP contribution in [0.1, 0.15) is 63.8 Å². The zero-order valence-electron chi connectivity index (χ0n) is 22.5. The van der Waals surface area contributed by atoms with Gasteiger partial charge in [0.15, 0.2) is 0 Å². The van der Waals surface area contributed by atoms with Crippen molar-refractivity contribution in [1.29, 1.82) is 0 Å². The Labute approximate surface area is 214 Å². The Morgan fingerprint density at radius 1 is 1.03 bits per heavy atom. The van der Waals surface area contributed by atoms with Gasteiger partial charge in [0.2, 0.25) is 5.91 Å². The number of para-hydroxylation sites is 1. The standard InChI is InChI=1S/C28H39N3O5/c1-17(2)15-22(29-27(35)36-28(5,6)7)26(34)31(8)24(20-13-10-14-21(32)16-20)25(33)30-23-18(3)11-9-12-19(23)4/h9-14,16-17,22,24,32H,15H2,1-8H3,(H,29,35)(H,30,33). The molecule has 8 heteroatoms. The molecule has 0 fully saturated rings. The Kier molecular flexibility index (Phi) is 9.50. The number of likely N-dealkylation sites (N-methyl/N-ethyl adjacent to an activating group) is 1. The first-order valence-electron chi connectivity index (χ1n) is 12.1. The number of hydrogen-bond donors (Lipinski definition) is 3. The summed E-state index contributed by atoms with van der Waals surface area (Å²) in [6, 6.07) is 9.98. The molecule has 8 nitrogen and oxygen atoms in total. The van der Waals surface area contributed by atoms with Gasteiger partial charge in [-0.1, -0.05) is 44.2 Å². The summed E-state index contributed by atoms with van der Waals surface area (Å²) in [4.78, 5) is 41.1. The summed E-state index contributed by atoms with van der Waals surface area (Å²) in [6.45, 7) is 12.9. The van der Waals surface area contributed by atoms with Crippen LogP contribution >= 0.6 is 0 Å². The molecule has 0 spiro atoms. The van der Waals surface area contributed by atoms with Crippen molar-refractivity contribution >= 4 is 23.6 Å². The number of anilines is 1. The summed E-state index contributed by atoms with van der Waals surface area (Å²) in [5.41, 5.74) is 2.15. The molecule has 2 unspecified atom stereocenters. The third-order valence-electron chi connectivity index (χ3n) is 5.59. The first kappa shape index (κ1) is 28.7. The van der Waals surface area contributed by atoms with Gasteiger partial charge in [-0.3, -0.25) is 9.59 Å². The molecule has 0 saturated heterocycles. The second-order valence-electron chi connectivity index (χ2n) is 10.5. The highest BCUT2D eigenvalue weighted by Gasteiger charge is 2.35. The number of nitrogens with one attached hydrogen (secondary N) is 2. The summed E-state index contributed by atoms with van der Waals surface area (Å²) in [6.07, 6.45) is -0.350. The van der Waals surface area contributed by atoms with E-state index in [1.165, 1.54) is 24.1 Å². The molecule has 0 saturated carbocycles. The van der Waals surface area contributed by atoms with Crippen LogP contribution in [0.4, 0.5) is 10.5 Å². The predicted octanol–water partition coefficient (Wildman–Crippen LogP) is 5.09. The number of phenols is 1. The molecule has 196 valence electrons. The SMILES string of the molecule is Cc1cccc(C)c1NC(=O)C(c1cccc(O)c1)N(C)C(=O)C(CC(C)C)NC(=O)OC(C)(C)C. The third kappa shape index (κ3) is 8.00. The average Bonchev–Trinajstić information content (AvgIpc) is 2.74. The average molecular weight is 498 g/mol. The summed E-state index contributed by atoms with van der Waals surface area (Å²) in [5, 5.41) is 15.7. The van der Waals surface area contributed by atoms with E-state index in [0.717, 1.165) is 11.1 Å². The van der Waals surface area contributed by atoms with Gasteiger partial charge in [0.05, 0.1) is 0 Å². The Morgan fingerprint density at radius 3 is 2.14 bits per heavy atom. The fraction of sp³-hybridized carbons (Fsp3) is 0.464. The van der Waals surface area contributed by atoms with Gasteiger partial charge in [-0.2, -0.15) is 0 Å². The number of carbonyl (C=O) groups excluding carboxylic acids is 3. The van der Waals surface area contributed by atoms with Crippen molar-refractivity contribution in [2.75, 3.05) is 12.4 Å².